The Bertz CT molecular complexity index is 1390. The molecule has 1 unspecified atom stereocenters. The zero-order valence-corrected chi connectivity index (χ0v) is 25.3. The van der Waals surface area contributed by atoms with E-state index in [1.54, 1.807) is 6.07 Å². The minimum Gasteiger partial charge on any atom is -0.467 e. The van der Waals surface area contributed by atoms with Crippen molar-refractivity contribution in [2.45, 2.75) is 75.3 Å². The molecule has 0 radical (unpaired) electrons. The molecule has 1 saturated carbocycles. The predicted octanol–water partition coefficient (Wildman–Crippen LogP) is 6.42. The minimum atomic E-state index is -5.29. The second-order valence-electron chi connectivity index (χ2n) is 12.2. The molecule has 3 aliphatic rings. The lowest BCUT2D eigenvalue weighted by atomic mass is 9.59. The van der Waals surface area contributed by atoms with Crippen molar-refractivity contribution < 1.29 is 46.5 Å². The van der Waals surface area contributed by atoms with Crippen molar-refractivity contribution in [2.24, 2.45) is 11.8 Å². The van der Waals surface area contributed by atoms with Crippen molar-refractivity contribution in [1.29, 1.82) is 0 Å². The summed E-state index contributed by atoms with van der Waals surface area (Å²) in [7, 11) is 1.08. The maximum atomic E-state index is 15.4. The maximum Gasteiger partial charge on any atom is 0.471 e. The maximum absolute atomic E-state index is 15.4. The Hall–Kier alpha value is -2.73. The number of aliphatic hydroxyl groups is 1. The van der Waals surface area contributed by atoms with E-state index in [1.165, 1.54) is 30.3 Å². The summed E-state index contributed by atoms with van der Waals surface area (Å²) in [5.74, 6) is -3.83. The number of aliphatic hydroxyl groups excluding tert-OH is 1. The molecule has 12 heteroatoms. The number of benzene rings is 2. The zero-order chi connectivity index (χ0) is 31.9. The highest BCUT2D eigenvalue weighted by Crippen LogP contribution is 2.58. The number of amides is 1. The van der Waals surface area contributed by atoms with Gasteiger partial charge in [-0.25, -0.2) is 9.18 Å². The number of hydrogen-bond donors (Lipinski definition) is 1. The van der Waals surface area contributed by atoms with Gasteiger partial charge >= 0.3 is 18.1 Å². The molecule has 1 N–H and O–H groups in total. The van der Waals surface area contributed by atoms with Gasteiger partial charge in [0.1, 0.15) is 11.4 Å². The SMILES string of the molecule is COC(=O)C1(N(C(=O)C(F)(F)F)c2cccc(Cl)c2)CCC2(CC1)c1cc(C3OCCCO3)c(F)cc1CC2C[C@@H](C)CO. The number of alkyl halides is 3. The summed E-state index contributed by atoms with van der Waals surface area (Å²) in [6, 6.07) is 8.61. The zero-order valence-electron chi connectivity index (χ0n) is 24.6. The highest BCUT2D eigenvalue weighted by molar-refractivity contribution is 6.31. The number of hydrogen-bond acceptors (Lipinski definition) is 6. The van der Waals surface area contributed by atoms with Gasteiger partial charge in [-0.15, -0.1) is 0 Å². The molecule has 5 rings (SSSR count). The van der Waals surface area contributed by atoms with Gasteiger partial charge in [-0.05, 0) is 104 Å². The van der Waals surface area contributed by atoms with E-state index in [2.05, 4.69) is 0 Å². The Balaban J connectivity index is 1.60. The fourth-order valence-corrected chi connectivity index (χ4v) is 7.64. The van der Waals surface area contributed by atoms with Crippen LogP contribution in [-0.2, 0) is 35.6 Å². The molecule has 2 aromatic rings. The molecule has 0 bridgehead atoms. The molecule has 2 aromatic carbocycles. The quantitative estimate of drug-likeness (QED) is 0.277. The van der Waals surface area contributed by atoms with E-state index in [9.17, 15) is 27.9 Å². The van der Waals surface area contributed by atoms with Gasteiger partial charge in [-0.3, -0.25) is 9.69 Å². The van der Waals surface area contributed by atoms with E-state index >= 15 is 4.39 Å². The Morgan fingerprint density at radius 3 is 2.41 bits per heavy atom. The van der Waals surface area contributed by atoms with Gasteiger partial charge in [0.25, 0.3) is 0 Å². The molecule has 7 nitrogen and oxygen atoms in total. The van der Waals surface area contributed by atoms with Crippen LogP contribution >= 0.6 is 11.6 Å². The predicted molar refractivity (Wildman–Crippen MR) is 154 cm³/mol. The lowest BCUT2D eigenvalue weighted by Crippen LogP contribution is -2.63. The van der Waals surface area contributed by atoms with Crippen LogP contribution < -0.4 is 4.90 Å². The van der Waals surface area contributed by atoms with Gasteiger partial charge in [-0.2, -0.15) is 13.2 Å². The van der Waals surface area contributed by atoms with Crippen molar-refractivity contribution in [3.8, 4) is 0 Å². The summed E-state index contributed by atoms with van der Waals surface area (Å²) in [5, 5.41) is 9.98. The first-order chi connectivity index (χ1) is 20.9. The first-order valence-electron chi connectivity index (χ1n) is 14.8. The number of esters is 1. The van der Waals surface area contributed by atoms with E-state index in [1.807, 2.05) is 6.92 Å². The lowest BCUT2D eigenvalue weighted by Gasteiger charge is -2.51. The second kappa shape index (κ2) is 12.6. The van der Waals surface area contributed by atoms with E-state index < -0.39 is 41.1 Å². The normalized spacial score (nSPS) is 26.3. The molecule has 1 aliphatic heterocycles. The van der Waals surface area contributed by atoms with Gasteiger partial charge in [0.2, 0.25) is 0 Å². The van der Waals surface area contributed by atoms with Gasteiger partial charge in [0, 0.05) is 22.9 Å². The monoisotopic (exact) mass is 641 g/mol. The van der Waals surface area contributed by atoms with Crippen LogP contribution in [0.1, 0.15) is 68.4 Å². The molecule has 1 amide bonds. The van der Waals surface area contributed by atoms with Crippen molar-refractivity contribution in [3.63, 3.8) is 0 Å². The highest BCUT2D eigenvalue weighted by Gasteiger charge is 2.60. The van der Waals surface area contributed by atoms with Crippen LogP contribution in [0.5, 0.6) is 0 Å². The number of carbonyl (C=O) groups is 2. The number of fused-ring (bicyclic) bond motifs is 2. The summed E-state index contributed by atoms with van der Waals surface area (Å²) in [6.07, 6.45) is -4.32. The Morgan fingerprint density at radius 1 is 1.14 bits per heavy atom. The fraction of sp³-hybridized carbons (Fsp3) is 0.562. The summed E-state index contributed by atoms with van der Waals surface area (Å²) in [5.41, 5.74) is -0.983. The number of methoxy groups -OCH3 is 1. The molecule has 1 heterocycles. The van der Waals surface area contributed by atoms with Gasteiger partial charge in [0.05, 0.1) is 20.3 Å². The van der Waals surface area contributed by atoms with Crippen molar-refractivity contribution in [2.75, 3.05) is 31.8 Å². The number of halogens is 5. The first kappa shape index (κ1) is 32.7. The molecule has 2 fully saturated rings. The van der Waals surface area contributed by atoms with Crippen molar-refractivity contribution in [3.05, 3.63) is 63.9 Å². The molecule has 0 aromatic heterocycles. The second-order valence-corrected chi connectivity index (χ2v) is 12.6. The summed E-state index contributed by atoms with van der Waals surface area (Å²) in [4.78, 5) is 27.1. The third-order valence-corrected chi connectivity index (χ3v) is 9.80. The van der Waals surface area contributed by atoms with Crippen LogP contribution in [0.25, 0.3) is 0 Å². The Morgan fingerprint density at radius 2 is 1.82 bits per heavy atom. The molecule has 2 aliphatic carbocycles. The van der Waals surface area contributed by atoms with E-state index in [4.69, 9.17) is 25.8 Å². The topological polar surface area (TPSA) is 85.3 Å². The first-order valence-corrected chi connectivity index (χ1v) is 15.2. The lowest BCUT2D eigenvalue weighted by molar-refractivity contribution is -0.184. The van der Waals surface area contributed by atoms with Crippen LogP contribution in [0, 0.1) is 17.7 Å². The van der Waals surface area contributed by atoms with Crippen molar-refractivity contribution in [1.82, 2.24) is 0 Å². The largest absolute Gasteiger partial charge is 0.471 e. The minimum absolute atomic E-state index is 0.0684. The summed E-state index contributed by atoms with van der Waals surface area (Å²) >= 11 is 6.13. The number of ether oxygens (including phenoxy) is 3. The fourth-order valence-electron chi connectivity index (χ4n) is 7.46. The number of anilines is 1. The number of nitrogens with zero attached hydrogens (tertiary/aromatic N) is 1. The summed E-state index contributed by atoms with van der Waals surface area (Å²) in [6.45, 7) is 2.66. The molecular weight excluding hydrogens is 606 g/mol. The van der Waals surface area contributed by atoms with E-state index in [0.717, 1.165) is 18.2 Å². The van der Waals surface area contributed by atoms with E-state index in [0.29, 0.717) is 37.4 Å². The Kier molecular flexibility index (Phi) is 9.33. The van der Waals surface area contributed by atoms with Gasteiger partial charge < -0.3 is 19.3 Å². The number of rotatable bonds is 7. The third kappa shape index (κ3) is 5.84. The molecule has 1 spiro atoms. The molecular formula is C32H36ClF4NO6. The average molecular weight is 642 g/mol. The molecule has 240 valence electrons. The molecule has 44 heavy (non-hydrogen) atoms. The smallest absolute Gasteiger partial charge is 0.467 e. The van der Waals surface area contributed by atoms with Crippen LogP contribution in [-0.4, -0.2) is 55.6 Å². The average Bonchev–Trinajstić information content (AvgIpc) is 3.28. The van der Waals surface area contributed by atoms with Gasteiger partial charge in [-0.1, -0.05) is 24.6 Å². The highest BCUT2D eigenvalue weighted by atomic mass is 35.5. The third-order valence-electron chi connectivity index (χ3n) is 9.56. The van der Waals surface area contributed by atoms with Crippen molar-refractivity contribution >= 4 is 29.2 Å². The van der Waals surface area contributed by atoms with Crippen LogP contribution in [0.3, 0.4) is 0 Å². The summed E-state index contributed by atoms with van der Waals surface area (Å²) < 4.78 is 74.2. The molecule has 1 saturated heterocycles. The Labute approximate surface area is 258 Å². The van der Waals surface area contributed by atoms with Crippen LogP contribution in [0.15, 0.2) is 36.4 Å². The van der Waals surface area contributed by atoms with Crippen LogP contribution in [0.4, 0.5) is 23.2 Å². The standard InChI is InChI=1S/C32H36ClF4NO6/c1-19(18-39)13-21-14-20-15-26(34)24(27-43-11-4-12-44-27)17-25(20)30(21)7-9-31(10-8-30,29(41)42-2)38(28(40)32(35,36)37)23-6-3-5-22(33)16-23/h3,5-6,15-17,19,21,27,39H,4,7-14,18H2,1-2H3/t19-,21?,30?,31?/m1/s1. The van der Waals surface area contributed by atoms with E-state index in [-0.39, 0.29) is 60.4 Å². The number of carbonyl (C=O) groups excluding carboxylic acids is 2. The van der Waals surface area contributed by atoms with Gasteiger partial charge in [0.15, 0.2) is 6.29 Å². The van der Waals surface area contributed by atoms with Crippen LogP contribution in [0.2, 0.25) is 5.02 Å². The molecule has 2 atom stereocenters.